The Morgan fingerprint density at radius 3 is 2.09 bits per heavy atom. The molecule has 2 heterocycles. The summed E-state index contributed by atoms with van der Waals surface area (Å²) in [4.78, 5) is 16.8. The summed E-state index contributed by atoms with van der Waals surface area (Å²) in [6.45, 7) is 0.357. The lowest BCUT2D eigenvalue weighted by atomic mass is 9.84. The van der Waals surface area contributed by atoms with Crippen LogP contribution in [0, 0.1) is 0 Å². The van der Waals surface area contributed by atoms with Gasteiger partial charge in [0.05, 0.1) is 16.4 Å². The number of quaternary nitrogens is 1. The molecule has 4 aromatic carbocycles. The predicted octanol–water partition coefficient (Wildman–Crippen LogP) is 7.44. The number of hydrogen-bond donors (Lipinski definition) is 1. The van der Waals surface area contributed by atoms with E-state index in [1.807, 2.05) is 24.4 Å². The SMILES string of the molecule is O=C1CN(c2ccc(-c3nc(-c4ccc(Cl)cc4Cl)cn3Cc3ccc(-c4ccc(C5CCCCC5)cc4)cc3)cc2)S(=O)(=O)[NH2+]1. The molecule has 2 fully saturated rings. The van der Waals surface area contributed by atoms with Gasteiger partial charge in [-0.1, -0.05) is 91.0 Å². The zero-order chi connectivity index (χ0) is 31.8. The molecule has 0 atom stereocenters. The van der Waals surface area contributed by atoms with Crippen LogP contribution in [0.5, 0.6) is 0 Å². The van der Waals surface area contributed by atoms with Crippen molar-refractivity contribution in [3.63, 3.8) is 0 Å². The van der Waals surface area contributed by atoms with Gasteiger partial charge in [-0.05, 0) is 83.5 Å². The number of imidazole rings is 1. The number of benzene rings is 4. The second-order valence-corrected chi connectivity index (χ2v) is 14.6. The molecule has 7 nitrogen and oxygen atoms in total. The van der Waals surface area contributed by atoms with Crippen LogP contribution in [0.15, 0.2) is 97.2 Å². The molecular weight excluding hydrogens is 639 g/mol. The number of amides is 1. The summed E-state index contributed by atoms with van der Waals surface area (Å²) in [6, 6.07) is 30.0. The van der Waals surface area contributed by atoms with Crippen molar-refractivity contribution >= 4 is 45.0 Å². The Labute approximate surface area is 279 Å². The minimum atomic E-state index is -3.77. The van der Waals surface area contributed by atoms with Crippen molar-refractivity contribution in [2.24, 2.45) is 0 Å². The highest BCUT2D eigenvalue weighted by atomic mass is 35.5. The Balaban J connectivity index is 1.17. The Bertz CT molecular complexity index is 2000. The quantitative estimate of drug-likeness (QED) is 0.195. The number of nitrogens with two attached hydrogens (primary N) is 1. The molecule has 0 unspecified atom stereocenters. The highest BCUT2D eigenvalue weighted by Crippen LogP contribution is 2.35. The number of primary amides is 1. The fourth-order valence-electron chi connectivity index (χ4n) is 6.49. The van der Waals surface area contributed by atoms with Gasteiger partial charge in [0, 0.05) is 28.9 Å². The summed E-state index contributed by atoms with van der Waals surface area (Å²) in [5, 5.41) is 1.04. The predicted molar refractivity (Wildman–Crippen MR) is 183 cm³/mol. The Hall–Kier alpha value is -3.95. The molecule has 0 spiro atoms. The first-order valence-electron chi connectivity index (χ1n) is 15.5. The lowest BCUT2D eigenvalue weighted by Crippen LogP contribution is -2.88. The number of carbonyl (C=O) groups is 1. The van der Waals surface area contributed by atoms with E-state index < -0.39 is 16.1 Å². The molecule has 234 valence electrons. The van der Waals surface area contributed by atoms with Crippen molar-refractivity contribution in [1.82, 2.24) is 9.55 Å². The van der Waals surface area contributed by atoms with Crippen molar-refractivity contribution in [2.45, 2.75) is 44.6 Å². The van der Waals surface area contributed by atoms with Crippen LogP contribution >= 0.6 is 23.2 Å². The molecule has 1 aliphatic carbocycles. The topological polar surface area (TPSA) is 88.9 Å². The summed E-state index contributed by atoms with van der Waals surface area (Å²) in [6.07, 6.45) is 8.57. The molecule has 1 amide bonds. The van der Waals surface area contributed by atoms with Crippen LogP contribution in [0.2, 0.25) is 10.0 Å². The maximum absolute atomic E-state index is 12.4. The number of rotatable bonds is 7. The number of halogens is 2. The molecule has 1 aromatic heterocycles. The first kappa shape index (κ1) is 30.7. The zero-order valence-electron chi connectivity index (χ0n) is 25.1. The smallest absolute Gasteiger partial charge is 0.326 e. The molecular formula is C36H33Cl2N4O3S+. The van der Waals surface area contributed by atoms with Gasteiger partial charge in [-0.15, -0.1) is 0 Å². The van der Waals surface area contributed by atoms with Crippen LogP contribution in [0.4, 0.5) is 5.69 Å². The van der Waals surface area contributed by atoms with Crippen molar-refractivity contribution in [1.29, 1.82) is 0 Å². The number of anilines is 1. The number of hydrogen-bond acceptors (Lipinski definition) is 4. The molecule has 0 bridgehead atoms. The molecule has 0 radical (unpaired) electrons. The zero-order valence-corrected chi connectivity index (χ0v) is 27.4. The normalized spacial score (nSPS) is 16.7. The lowest BCUT2D eigenvalue weighted by Gasteiger charge is -2.22. The van der Waals surface area contributed by atoms with Crippen LogP contribution < -0.4 is 9.03 Å². The fourth-order valence-corrected chi connectivity index (χ4v) is 8.25. The van der Waals surface area contributed by atoms with Crippen molar-refractivity contribution in [3.8, 4) is 33.8 Å². The molecule has 2 aliphatic rings. The number of carbonyl (C=O) groups excluding carboxylic acids is 1. The second-order valence-electron chi connectivity index (χ2n) is 12.0. The van der Waals surface area contributed by atoms with Gasteiger partial charge in [0.1, 0.15) is 5.82 Å². The Kier molecular flexibility index (Phi) is 8.46. The van der Waals surface area contributed by atoms with Crippen molar-refractivity contribution in [2.75, 3.05) is 10.8 Å². The maximum Gasteiger partial charge on any atom is 0.401 e. The number of aromatic nitrogens is 2. The Morgan fingerprint density at radius 1 is 0.804 bits per heavy atom. The van der Waals surface area contributed by atoms with Gasteiger partial charge >= 0.3 is 16.1 Å². The monoisotopic (exact) mass is 671 g/mol. The Morgan fingerprint density at radius 2 is 1.46 bits per heavy atom. The minimum Gasteiger partial charge on any atom is -0.326 e. The second kappa shape index (κ2) is 12.7. The van der Waals surface area contributed by atoms with Crippen LogP contribution in [-0.4, -0.2) is 30.4 Å². The third-order valence-electron chi connectivity index (χ3n) is 8.91. The third-order valence-corrected chi connectivity index (χ3v) is 11.0. The molecule has 7 rings (SSSR count). The average molecular weight is 673 g/mol. The summed E-state index contributed by atoms with van der Waals surface area (Å²) in [5.74, 6) is 0.947. The molecule has 5 aromatic rings. The molecule has 46 heavy (non-hydrogen) atoms. The van der Waals surface area contributed by atoms with E-state index in [0.717, 1.165) is 25.7 Å². The molecule has 2 N–H and O–H groups in total. The number of nitrogens with zero attached hydrogens (tertiary/aromatic N) is 3. The van der Waals surface area contributed by atoms with E-state index in [1.165, 1.54) is 48.8 Å². The van der Waals surface area contributed by atoms with E-state index in [1.54, 1.807) is 24.3 Å². The van der Waals surface area contributed by atoms with Gasteiger partial charge in [0.15, 0.2) is 6.54 Å². The molecule has 1 saturated carbocycles. The van der Waals surface area contributed by atoms with Crippen LogP contribution in [0.3, 0.4) is 0 Å². The minimum absolute atomic E-state index is 0.198. The summed E-state index contributed by atoms with van der Waals surface area (Å²) < 4.78 is 28.8. The lowest BCUT2D eigenvalue weighted by molar-refractivity contribution is -0.404. The van der Waals surface area contributed by atoms with E-state index >= 15 is 0 Å². The van der Waals surface area contributed by atoms with E-state index in [4.69, 9.17) is 28.2 Å². The van der Waals surface area contributed by atoms with E-state index in [2.05, 4.69) is 53.1 Å². The largest absolute Gasteiger partial charge is 0.401 e. The highest BCUT2D eigenvalue weighted by molar-refractivity contribution is 7.87. The van der Waals surface area contributed by atoms with Gasteiger partial charge in [-0.3, -0.25) is 0 Å². The van der Waals surface area contributed by atoms with Crippen LogP contribution in [0.25, 0.3) is 33.8 Å². The highest BCUT2D eigenvalue weighted by Gasteiger charge is 2.39. The summed E-state index contributed by atoms with van der Waals surface area (Å²) in [7, 11) is -3.77. The van der Waals surface area contributed by atoms with Gasteiger partial charge < -0.3 is 4.57 Å². The first-order chi connectivity index (χ1) is 22.2. The average Bonchev–Trinajstić information content (AvgIpc) is 3.60. The molecule has 10 heteroatoms. The van der Waals surface area contributed by atoms with Crippen LogP contribution in [-0.2, 0) is 21.5 Å². The standard InChI is InChI=1S/C36H32Cl2N4O3S/c37-30-16-19-32(33(38)20-30)34-22-41(36(39-34)29-14-17-31(18-15-29)42-23-35(43)40-46(42,44)45)21-24-6-8-26(9-7-24)28-12-10-27(11-13-28)25-4-2-1-3-5-25/h6-20,22,25H,1-5,21,23H2,(H,40,43)/p+1. The molecule has 1 saturated heterocycles. The van der Waals surface area contributed by atoms with Crippen molar-refractivity contribution in [3.05, 3.63) is 118 Å². The summed E-state index contributed by atoms with van der Waals surface area (Å²) in [5.41, 5.74) is 7.59. The maximum atomic E-state index is 12.4. The summed E-state index contributed by atoms with van der Waals surface area (Å²) >= 11 is 12.7. The van der Waals surface area contributed by atoms with Crippen molar-refractivity contribution < 1.29 is 17.9 Å². The van der Waals surface area contributed by atoms with Gasteiger partial charge in [0.25, 0.3) is 0 Å². The van der Waals surface area contributed by atoms with Gasteiger partial charge in [-0.2, -0.15) is 13.1 Å². The molecule has 1 aliphatic heterocycles. The van der Waals surface area contributed by atoms with Gasteiger partial charge in [-0.25, -0.2) is 14.1 Å². The van der Waals surface area contributed by atoms with Gasteiger partial charge in [0.2, 0.25) is 0 Å². The van der Waals surface area contributed by atoms with E-state index in [-0.39, 0.29) is 6.54 Å². The fraction of sp³-hybridized carbons (Fsp3) is 0.222. The van der Waals surface area contributed by atoms with E-state index in [0.29, 0.717) is 39.7 Å². The van der Waals surface area contributed by atoms with Crippen LogP contribution in [0.1, 0.15) is 49.1 Å². The van der Waals surface area contributed by atoms with E-state index in [9.17, 15) is 13.2 Å². The first-order valence-corrected chi connectivity index (χ1v) is 17.7. The third kappa shape index (κ3) is 6.35.